The first-order chi connectivity index (χ1) is 9.69. The molecule has 1 N–H and O–H groups in total. The van der Waals surface area contributed by atoms with E-state index in [1.54, 1.807) is 12.1 Å². The highest BCUT2D eigenvalue weighted by molar-refractivity contribution is 7.85. The summed E-state index contributed by atoms with van der Waals surface area (Å²) in [5.74, 6) is 1.39. The Labute approximate surface area is 123 Å². The van der Waals surface area contributed by atoms with E-state index in [0.29, 0.717) is 0 Å². The van der Waals surface area contributed by atoms with Gasteiger partial charge in [0.25, 0.3) is 0 Å². The first-order valence-corrected chi connectivity index (χ1v) is 8.74. The molecule has 0 saturated carbocycles. The smallest absolute Gasteiger partial charge is 0.123 e. The molecule has 1 aromatic carbocycles. The van der Waals surface area contributed by atoms with E-state index in [1.165, 1.54) is 6.07 Å². The number of nitrogens with one attached hydrogen (secondary N) is 1. The lowest BCUT2D eigenvalue weighted by atomic mass is 10.0. The Bertz CT molecular complexity index is 445. The maximum Gasteiger partial charge on any atom is 0.123 e. The van der Waals surface area contributed by atoms with Gasteiger partial charge in [-0.1, -0.05) is 19.1 Å². The number of hydrogen-bond donors (Lipinski definition) is 1. The molecule has 0 aromatic heterocycles. The molecule has 1 aromatic rings. The van der Waals surface area contributed by atoms with Crippen molar-refractivity contribution < 1.29 is 8.60 Å². The lowest BCUT2D eigenvalue weighted by molar-refractivity contribution is 0.279. The van der Waals surface area contributed by atoms with Gasteiger partial charge in [-0.25, -0.2) is 4.39 Å². The Hall–Kier alpha value is -0.780. The third kappa shape index (κ3) is 4.65. The second kappa shape index (κ2) is 7.86. The van der Waals surface area contributed by atoms with E-state index in [9.17, 15) is 8.60 Å². The van der Waals surface area contributed by atoms with Gasteiger partial charge in [0.2, 0.25) is 0 Å². The Morgan fingerprint density at radius 1 is 1.40 bits per heavy atom. The van der Waals surface area contributed by atoms with E-state index < -0.39 is 10.8 Å². The standard InChI is InChI=1S/C15H23FN2OS/c1-2-17-15(13-4-3-5-14(16)12-13)6-7-18-8-10-20(19)11-9-18/h3-5,12,15,17H,2,6-11H2,1H3. The van der Waals surface area contributed by atoms with Gasteiger partial charge in [0.15, 0.2) is 0 Å². The van der Waals surface area contributed by atoms with Crippen LogP contribution < -0.4 is 5.32 Å². The van der Waals surface area contributed by atoms with Crippen molar-refractivity contribution in [3.05, 3.63) is 35.6 Å². The quantitative estimate of drug-likeness (QED) is 0.871. The van der Waals surface area contributed by atoms with Crippen molar-refractivity contribution in [2.45, 2.75) is 19.4 Å². The van der Waals surface area contributed by atoms with E-state index >= 15 is 0 Å². The Morgan fingerprint density at radius 3 is 2.80 bits per heavy atom. The lowest BCUT2D eigenvalue weighted by Gasteiger charge is -2.28. The summed E-state index contributed by atoms with van der Waals surface area (Å²) in [7, 11) is -0.625. The van der Waals surface area contributed by atoms with Crippen molar-refractivity contribution >= 4 is 10.8 Å². The van der Waals surface area contributed by atoms with E-state index in [-0.39, 0.29) is 11.9 Å². The van der Waals surface area contributed by atoms with Gasteiger partial charge in [0, 0.05) is 48.0 Å². The average molecular weight is 298 g/mol. The molecule has 0 radical (unpaired) electrons. The minimum Gasteiger partial charge on any atom is -0.310 e. The molecule has 1 atom stereocenters. The molecular formula is C15H23FN2OS. The molecule has 3 nitrogen and oxygen atoms in total. The largest absolute Gasteiger partial charge is 0.310 e. The maximum absolute atomic E-state index is 13.3. The van der Waals surface area contributed by atoms with Crippen LogP contribution in [0.2, 0.25) is 0 Å². The predicted molar refractivity (Wildman–Crippen MR) is 81.8 cm³/mol. The van der Waals surface area contributed by atoms with Crippen LogP contribution in [0.5, 0.6) is 0 Å². The Balaban J connectivity index is 1.90. The van der Waals surface area contributed by atoms with Crippen LogP contribution in [0, 0.1) is 5.82 Å². The van der Waals surface area contributed by atoms with Crippen LogP contribution in [-0.4, -0.2) is 46.8 Å². The summed E-state index contributed by atoms with van der Waals surface area (Å²) in [6, 6.07) is 7.01. The molecule has 0 spiro atoms. The summed E-state index contributed by atoms with van der Waals surface area (Å²) in [5, 5.41) is 3.42. The molecule has 0 bridgehead atoms. The number of benzene rings is 1. The fraction of sp³-hybridized carbons (Fsp3) is 0.600. The SMILES string of the molecule is CCNC(CCN1CCS(=O)CC1)c1cccc(F)c1. The molecule has 1 aliphatic rings. The second-order valence-corrected chi connectivity index (χ2v) is 6.84. The molecule has 20 heavy (non-hydrogen) atoms. The number of hydrogen-bond acceptors (Lipinski definition) is 3. The van der Waals surface area contributed by atoms with Gasteiger partial charge in [-0.05, 0) is 30.7 Å². The minimum atomic E-state index is -0.625. The zero-order valence-electron chi connectivity index (χ0n) is 12.0. The Morgan fingerprint density at radius 2 is 2.15 bits per heavy atom. The second-order valence-electron chi connectivity index (χ2n) is 5.14. The van der Waals surface area contributed by atoms with Crippen LogP contribution >= 0.6 is 0 Å². The zero-order valence-corrected chi connectivity index (χ0v) is 12.8. The molecule has 0 aliphatic carbocycles. The average Bonchev–Trinajstić information content (AvgIpc) is 2.45. The molecule has 1 heterocycles. The monoisotopic (exact) mass is 298 g/mol. The van der Waals surface area contributed by atoms with Crippen LogP contribution in [0.4, 0.5) is 4.39 Å². The molecule has 2 rings (SSSR count). The number of nitrogens with zero attached hydrogens (tertiary/aromatic N) is 1. The van der Waals surface area contributed by atoms with Gasteiger partial charge in [0.05, 0.1) is 0 Å². The van der Waals surface area contributed by atoms with Crippen molar-refractivity contribution in [1.29, 1.82) is 0 Å². The first kappa shape index (κ1) is 15.6. The highest BCUT2D eigenvalue weighted by Crippen LogP contribution is 2.18. The van der Waals surface area contributed by atoms with Gasteiger partial charge in [-0.2, -0.15) is 0 Å². The van der Waals surface area contributed by atoms with Gasteiger partial charge in [0.1, 0.15) is 5.82 Å². The zero-order chi connectivity index (χ0) is 14.4. The Kier molecular flexibility index (Phi) is 6.13. The summed E-state index contributed by atoms with van der Waals surface area (Å²) in [5.41, 5.74) is 1.01. The summed E-state index contributed by atoms with van der Waals surface area (Å²) < 4.78 is 24.7. The van der Waals surface area contributed by atoms with E-state index in [0.717, 1.165) is 49.7 Å². The van der Waals surface area contributed by atoms with Crippen LogP contribution in [0.25, 0.3) is 0 Å². The third-order valence-corrected chi connectivity index (χ3v) is 4.98. The molecule has 112 valence electrons. The molecular weight excluding hydrogens is 275 g/mol. The molecule has 1 fully saturated rings. The fourth-order valence-electron chi connectivity index (χ4n) is 2.57. The predicted octanol–water partition coefficient (Wildman–Crippen LogP) is 1.93. The maximum atomic E-state index is 13.3. The van der Waals surface area contributed by atoms with Crippen molar-refractivity contribution in [2.24, 2.45) is 0 Å². The van der Waals surface area contributed by atoms with Gasteiger partial charge in [-0.15, -0.1) is 0 Å². The van der Waals surface area contributed by atoms with Gasteiger partial charge < -0.3 is 10.2 Å². The normalized spacial score (nSPS) is 19.1. The fourth-order valence-corrected chi connectivity index (χ4v) is 3.70. The van der Waals surface area contributed by atoms with Gasteiger partial charge in [-0.3, -0.25) is 4.21 Å². The van der Waals surface area contributed by atoms with Crippen LogP contribution in [0.15, 0.2) is 24.3 Å². The van der Waals surface area contributed by atoms with Crippen molar-refractivity contribution in [2.75, 3.05) is 37.7 Å². The molecule has 1 saturated heterocycles. The van der Waals surface area contributed by atoms with Crippen LogP contribution in [0.3, 0.4) is 0 Å². The summed E-state index contributed by atoms with van der Waals surface area (Å²) >= 11 is 0. The highest BCUT2D eigenvalue weighted by Gasteiger charge is 2.17. The molecule has 0 amide bonds. The van der Waals surface area contributed by atoms with Crippen molar-refractivity contribution in [1.82, 2.24) is 10.2 Å². The van der Waals surface area contributed by atoms with E-state index in [4.69, 9.17) is 0 Å². The minimum absolute atomic E-state index is 0.182. The molecule has 1 aliphatic heterocycles. The topological polar surface area (TPSA) is 32.3 Å². The number of rotatable bonds is 6. The van der Waals surface area contributed by atoms with E-state index in [2.05, 4.69) is 17.1 Å². The van der Waals surface area contributed by atoms with E-state index in [1.807, 2.05) is 6.07 Å². The molecule has 5 heteroatoms. The first-order valence-electron chi connectivity index (χ1n) is 7.25. The lowest BCUT2D eigenvalue weighted by Crippen LogP contribution is -2.39. The summed E-state index contributed by atoms with van der Waals surface area (Å²) in [6.07, 6.45) is 0.948. The van der Waals surface area contributed by atoms with Crippen LogP contribution in [-0.2, 0) is 10.8 Å². The van der Waals surface area contributed by atoms with Crippen molar-refractivity contribution in [3.63, 3.8) is 0 Å². The highest BCUT2D eigenvalue weighted by atomic mass is 32.2. The van der Waals surface area contributed by atoms with Crippen LogP contribution in [0.1, 0.15) is 24.9 Å². The third-order valence-electron chi connectivity index (χ3n) is 3.71. The van der Waals surface area contributed by atoms with Gasteiger partial charge >= 0.3 is 0 Å². The summed E-state index contributed by atoms with van der Waals surface area (Å²) in [6.45, 7) is 5.72. The summed E-state index contributed by atoms with van der Waals surface area (Å²) in [4.78, 5) is 2.35. The van der Waals surface area contributed by atoms with Crippen molar-refractivity contribution in [3.8, 4) is 0 Å². The molecule has 1 unspecified atom stereocenters. The number of halogens is 1.